The number of phenols is 1. The van der Waals surface area contributed by atoms with Crippen LogP contribution in [0.1, 0.15) is 16.1 Å². The van der Waals surface area contributed by atoms with Crippen molar-refractivity contribution in [3.8, 4) is 11.4 Å². The highest BCUT2D eigenvalue weighted by molar-refractivity contribution is 5.89. The van der Waals surface area contributed by atoms with Gasteiger partial charge in [-0.1, -0.05) is 0 Å². The molecule has 0 unspecified atom stereocenters. The first-order valence-corrected chi connectivity index (χ1v) is 4.98. The van der Waals surface area contributed by atoms with Gasteiger partial charge in [0, 0.05) is 0 Å². The number of alkyl halides is 3. The molecule has 1 heterocycles. The highest BCUT2D eigenvalue weighted by atomic mass is 19.4. The maximum atomic E-state index is 12.9. The Morgan fingerprint density at radius 1 is 1.21 bits per heavy atom. The summed E-state index contributed by atoms with van der Waals surface area (Å²) in [7, 11) is 0. The molecule has 0 bridgehead atoms. The van der Waals surface area contributed by atoms with Gasteiger partial charge < -0.3 is 10.2 Å². The molecule has 0 fully saturated rings. The SMILES string of the molecule is O=C(O)c1cnn(-c2ccc(O)cc2)c1C(F)(F)F. The van der Waals surface area contributed by atoms with E-state index in [4.69, 9.17) is 10.2 Å². The Kier molecular flexibility index (Phi) is 2.93. The molecule has 0 spiro atoms. The summed E-state index contributed by atoms with van der Waals surface area (Å²) in [5.74, 6) is -1.83. The lowest BCUT2D eigenvalue weighted by Gasteiger charge is -2.11. The molecule has 2 aromatic rings. The second-order valence-electron chi connectivity index (χ2n) is 3.64. The van der Waals surface area contributed by atoms with E-state index in [2.05, 4.69) is 5.10 Å². The molecule has 1 aromatic heterocycles. The number of rotatable bonds is 2. The number of benzene rings is 1. The van der Waals surface area contributed by atoms with Crippen LogP contribution >= 0.6 is 0 Å². The fourth-order valence-electron chi connectivity index (χ4n) is 1.57. The van der Waals surface area contributed by atoms with Crippen LogP contribution in [0, 0.1) is 0 Å². The van der Waals surface area contributed by atoms with Gasteiger partial charge in [-0.05, 0) is 24.3 Å². The first-order valence-electron chi connectivity index (χ1n) is 4.98. The number of carbonyl (C=O) groups is 1. The summed E-state index contributed by atoms with van der Waals surface area (Å²) in [6.45, 7) is 0. The zero-order valence-corrected chi connectivity index (χ0v) is 9.22. The zero-order chi connectivity index (χ0) is 14.2. The highest BCUT2D eigenvalue weighted by Crippen LogP contribution is 2.33. The van der Waals surface area contributed by atoms with E-state index in [9.17, 15) is 18.0 Å². The van der Waals surface area contributed by atoms with Gasteiger partial charge in [-0.2, -0.15) is 18.3 Å². The minimum Gasteiger partial charge on any atom is -0.508 e. The maximum absolute atomic E-state index is 12.9. The third-order valence-corrected chi connectivity index (χ3v) is 2.36. The number of hydrogen-bond acceptors (Lipinski definition) is 3. The minimum atomic E-state index is -4.86. The number of carboxylic acids is 1. The molecule has 2 rings (SSSR count). The van der Waals surface area contributed by atoms with E-state index >= 15 is 0 Å². The molecule has 19 heavy (non-hydrogen) atoms. The second kappa shape index (κ2) is 4.30. The van der Waals surface area contributed by atoms with E-state index in [0.717, 1.165) is 0 Å². The molecule has 0 aliphatic carbocycles. The average molecular weight is 272 g/mol. The van der Waals surface area contributed by atoms with Gasteiger partial charge in [-0.25, -0.2) is 9.48 Å². The van der Waals surface area contributed by atoms with E-state index < -0.39 is 23.4 Å². The predicted molar refractivity (Wildman–Crippen MR) is 57.2 cm³/mol. The lowest BCUT2D eigenvalue weighted by molar-refractivity contribution is -0.143. The molecule has 0 aliphatic heterocycles. The molecule has 0 saturated heterocycles. The number of aromatic carboxylic acids is 1. The Labute approximate surface area is 104 Å². The fourth-order valence-corrected chi connectivity index (χ4v) is 1.57. The van der Waals surface area contributed by atoms with Gasteiger partial charge in [0.1, 0.15) is 11.3 Å². The van der Waals surface area contributed by atoms with E-state index in [1.54, 1.807) is 0 Å². The third-order valence-electron chi connectivity index (χ3n) is 2.36. The largest absolute Gasteiger partial charge is 0.508 e. The van der Waals surface area contributed by atoms with Crippen molar-refractivity contribution in [3.63, 3.8) is 0 Å². The van der Waals surface area contributed by atoms with Crippen LogP contribution in [0.5, 0.6) is 5.75 Å². The summed E-state index contributed by atoms with van der Waals surface area (Å²) in [4.78, 5) is 10.8. The zero-order valence-electron chi connectivity index (χ0n) is 9.22. The number of hydrogen-bond donors (Lipinski definition) is 2. The molecule has 0 radical (unpaired) electrons. The molecule has 0 atom stereocenters. The van der Waals surface area contributed by atoms with Crippen molar-refractivity contribution in [1.29, 1.82) is 0 Å². The van der Waals surface area contributed by atoms with E-state index in [1.807, 2.05) is 0 Å². The Hall–Kier alpha value is -2.51. The number of nitrogens with zero attached hydrogens (tertiary/aromatic N) is 2. The van der Waals surface area contributed by atoms with Crippen molar-refractivity contribution in [2.45, 2.75) is 6.18 Å². The molecular formula is C11H7F3N2O3. The van der Waals surface area contributed by atoms with E-state index in [1.165, 1.54) is 24.3 Å². The van der Waals surface area contributed by atoms with Gasteiger partial charge in [0.05, 0.1) is 11.9 Å². The summed E-state index contributed by atoms with van der Waals surface area (Å²) in [6.07, 6.45) is -4.22. The first kappa shape index (κ1) is 12.9. The Balaban J connectivity index is 2.64. The standard InChI is InChI=1S/C11H7F3N2O3/c12-11(13,14)9-8(10(18)19)5-15-16(9)6-1-3-7(17)4-2-6/h1-5,17H,(H,18,19). The van der Waals surface area contributed by atoms with Crippen LogP contribution in [-0.2, 0) is 6.18 Å². The quantitative estimate of drug-likeness (QED) is 0.879. The molecule has 2 N–H and O–H groups in total. The first-order chi connectivity index (χ1) is 8.80. The van der Waals surface area contributed by atoms with Crippen LogP contribution in [0.3, 0.4) is 0 Å². The van der Waals surface area contributed by atoms with Crippen molar-refractivity contribution in [2.24, 2.45) is 0 Å². The number of halogens is 3. The normalized spacial score (nSPS) is 11.5. The van der Waals surface area contributed by atoms with Crippen LogP contribution in [-0.4, -0.2) is 26.0 Å². The van der Waals surface area contributed by atoms with Crippen molar-refractivity contribution in [1.82, 2.24) is 9.78 Å². The van der Waals surface area contributed by atoms with E-state index in [-0.39, 0.29) is 11.4 Å². The smallest absolute Gasteiger partial charge is 0.434 e. The maximum Gasteiger partial charge on any atom is 0.434 e. The molecule has 0 amide bonds. The summed E-state index contributed by atoms with van der Waals surface area (Å²) in [5.41, 5.74) is -2.30. The fraction of sp³-hybridized carbons (Fsp3) is 0.0909. The Bertz CT molecular complexity index is 617. The molecule has 0 aliphatic rings. The second-order valence-corrected chi connectivity index (χ2v) is 3.64. The molecular weight excluding hydrogens is 265 g/mol. The highest BCUT2D eigenvalue weighted by Gasteiger charge is 2.40. The molecule has 8 heteroatoms. The molecule has 0 saturated carbocycles. The van der Waals surface area contributed by atoms with E-state index in [0.29, 0.717) is 10.9 Å². The summed E-state index contributed by atoms with van der Waals surface area (Å²) in [6, 6.07) is 4.75. The summed E-state index contributed by atoms with van der Waals surface area (Å²) < 4.78 is 39.2. The van der Waals surface area contributed by atoms with Crippen molar-refractivity contribution < 1.29 is 28.2 Å². The van der Waals surface area contributed by atoms with Gasteiger partial charge in [0.15, 0.2) is 5.69 Å². The van der Waals surface area contributed by atoms with Gasteiger partial charge >= 0.3 is 12.1 Å². The molecule has 1 aromatic carbocycles. The van der Waals surface area contributed by atoms with Crippen molar-refractivity contribution >= 4 is 5.97 Å². The topological polar surface area (TPSA) is 75.3 Å². The Morgan fingerprint density at radius 3 is 2.26 bits per heavy atom. The number of aromatic nitrogens is 2. The van der Waals surface area contributed by atoms with Crippen LogP contribution in [0.4, 0.5) is 13.2 Å². The van der Waals surface area contributed by atoms with Gasteiger partial charge in [0.25, 0.3) is 0 Å². The van der Waals surface area contributed by atoms with Crippen molar-refractivity contribution in [2.75, 3.05) is 0 Å². The third kappa shape index (κ3) is 2.37. The van der Waals surface area contributed by atoms with Crippen LogP contribution < -0.4 is 0 Å². The number of phenolic OH excluding ortho intramolecular Hbond substituents is 1. The van der Waals surface area contributed by atoms with Gasteiger partial charge in [-0.15, -0.1) is 0 Å². The van der Waals surface area contributed by atoms with Gasteiger partial charge in [0.2, 0.25) is 0 Å². The summed E-state index contributed by atoms with van der Waals surface area (Å²) >= 11 is 0. The number of aromatic hydroxyl groups is 1. The monoisotopic (exact) mass is 272 g/mol. The lowest BCUT2D eigenvalue weighted by Crippen LogP contribution is -2.17. The number of carboxylic acid groups (broad SMARTS) is 1. The summed E-state index contributed by atoms with van der Waals surface area (Å²) in [5, 5.41) is 21.3. The van der Waals surface area contributed by atoms with Gasteiger partial charge in [-0.3, -0.25) is 0 Å². The van der Waals surface area contributed by atoms with Crippen LogP contribution in [0.15, 0.2) is 30.5 Å². The Morgan fingerprint density at radius 2 is 1.79 bits per heavy atom. The van der Waals surface area contributed by atoms with Crippen molar-refractivity contribution in [3.05, 3.63) is 41.7 Å². The predicted octanol–water partition coefficient (Wildman–Crippen LogP) is 2.29. The molecule has 5 nitrogen and oxygen atoms in total. The minimum absolute atomic E-state index is 0.00220. The lowest BCUT2D eigenvalue weighted by atomic mass is 10.2. The van der Waals surface area contributed by atoms with Crippen LogP contribution in [0.25, 0.3) is 5.69 Å². The van der Waals surface area contributed by atoms with Crippen LogP contribution in [0.2, 0.25) is 0 Å². The molecule has 100 valence electrons. The average Bonchev–Trinajstić information content (AvgIpc) is 2.74.